The van der Waals surface area contributed by atoms with E-state index in [0.717, 1.165) is 43.2 Å². The summed E-state index contributed by atoms with van der Waals surface area (Å²) in [6.45, 7) is 8.04. The summed E-state index contributed by atoms with van der Waals surface area (Å²) in [5.74, 6) is 0.725. The van der Waals surface area contributed by atoms with Crippen molar-refractivity contribution in [1.29, 1.82) is 0 Å². The Kier molecular flexibility index (Phi) is 4.33. The number of fused-ring (bicyclic) bond motifs is 1. The molecule has 0 spiro atoms. The van der Waals surface area contributed by atoms with Crippen LogP contribution in [-0.4, -0.2) is 36.6 Å². The van der Waals surface area contributed by atoms with E-state index in [1.165, 1.54) is 5.56 Å². The normalized spacial score (nSPS) is 11.6. The van der Waals surface area contributed by atoms with E-state index in [9.17, 15) is 0 Å². The van der Waals surface area contributed by atoms with Gasteiger partial charge < -0.3 is 14.6 Å². The van der Waals surface area contributed by atoms with Crippen molar-refractivity contribution in [3.05, 3.63) is 29.7 Å². The van der Waals surface area contributed by atoms with Crippen molar-refractivity contribution in [2.24, 2.45) is 0 Å². The Morgan fingerprint density at radius 1 is 1.39 bits per heavy atom. The Morgan fingerprint density at radius 2 is 2.22 bits per heavy atom. The molecule has 1 N–H and O–H groups in total. The van der Waals surface area contributed by atoms with Crippen LogP contribution in [0.2, 0.25) is 0 Å². The lowest BCUT2D eigenvalue weighted by molar-refractivity contribution is 0.326. The summed E-state index contributed by atoms with van der Waals surface area (Å²) >= 11 is 0. The lowest BCUT2D eigenvalue weighted by Gasteiger charge is -2.16. The van der Waals surface area contributed by atoms with E-state index in [0.29, 0.717) is 0 Å². The van der Waals surface area contributed by atoms with Gasteiger partial charge in [0, 0.05) is 26.6 Å². The van der Waals surface area contributed by atoms with Crippen molar-refractivity contribution in [2.75, 3.05) is 26.7 Å². The maximum atomic E-state index is 5.47. The molecular weight excluding hydrogens is 226 g/mol. The van der Waals surface area contributed by atoms with Gasteiger partial charge in [0.1, 0.15) is 5.52 Å². The molecule has 0 bridgehead atoms. The van der Waals surface area contributed by atoms with Crippen LogP contribution in [-0.2, 0) is 6.54 Å². The summed E-state index contributed by atoms with van der Waals surface area (Å²) in [5.41, 5.74) is 3.09. The molecule has 0 unspecified atom stereocenters. The van der Waals surface area contributed by atoms with Gasteiger partial charge >= 0.3 is 0 Å². The SMILES string of the molecule is CCNCCN(C)Cc1ccc2oc(C)nc2c1. The van der Waals surface area contributed by atoms with Crippen LogP contribution < -0.4 is 5.32 Å². The minimum Gasteiger partial charge on any atom is -0.441 e. The third-order valence-electron chi connectivity index (χ3n) is 2.93. The Hall–Kier alpha value is -1.39. The van der Waals surface area contributed by atoms with E-state index in [1.54, 1.807) is 0 Å². The first-order valence-corrected chi connectivity index (χ1v) is 6.44. The summed E-state index contributed by atoms with van der Waals surface area (Å²) in [7, 11) is 2.13. The van der Waals surface area contributed by atoms with E-state index in [1.807, 2.05) is 13.0 Å². The smallest absolute Gasteiger partial charge is 0.192 e. The zero-order chi connectivity index (χ0) is 13.0. The highest BCUT2D eigenvalue weighted by atomic mass is 16.3. The Balaban J connectivity index is 1.98. The highest BCUT2D eigenvalue weighted by molar-refractivity contribution is 5.73. The number of aromatic nitrogens is 1. The summed E-state index contributed by atoms with van der Waals surface area (Å²) in [5, 5.41) is 3.33. The van der Waals surface area contributed by atoms with Crippen LogP contribution in [0.5, 0.6) is 0 Å². The zero-order valence-electron chi connectivity index (χ0n) is 11.4. The number of oxazole rings is 1. The molecule has 0 fully saturated rings. The molecule has 2 aromatic rings. The summed E-state index contributed by atoms with van der Waals surface area (Å²) in [4.78, 5) is 6.66. The minimum atomic E-state index is 0.725. The number of rotatable bonds is 6. The zero-order valence-corrected chi connectivity index (χ0v) is 11.4. The predicted octanol–water partition coefficient (Wildman–Crippen LogP) is 2.18. The summed E-state index contributed by atoms with van der Waals surface area (Å²) in [6.07, 6.45) is 0. The van der Waals surface area contributed by atoms with Crippen molar-refractivity contribution >= 4 is 11.1 Å². The van der Waals surface area contributed by atoms with Crippen molar-refractivity contribution in [3.63, 3.8) is 0 Å². The van der Waals surface area contributed by atoms with Crippen LogP contribution in [0.3, 0.4) is 0 Å². The van der Waals surface area contributed by atoms with Gasteiger partial charge in [-0.05, 0) is 31.3 Å². The molecule has 4 heteroatoms. The number of nitrogens with one attached hydrogen (secondary N) is 1. The monoisotopic (exact) mass is 247 g/mol. The van der Waals surface area contributed by atoms with Gasteiger partial charge in [0.15, 0.2) is 11.5 Å². The predicted molar refractivity (Wildman–Crippen MR) is 73.6 cm³/mol. The molecular formula is C14H21N3O. The van der Waals surface area contributed by atoms with Gasteiger partial charge in [0.2, 0.25) is 0 Å². The van der Waals surface area contributed by atoms with Gasteiger partial charge in [-0.3, -0.25) is 0 Å². The first-order valence-electron chi connectivity index (χ1n) is 6.44. The molecule has 0 aliphatic carbocycles. The highest BCUT2D eigenvalue weighted by Gasteiger charge is 2.05. The molecule has 1 aromatic carbocycles. The fourth-order valence-corrected chi connectivity index (χ4v) is 2.02. The maximum Gasteiger partial charge on any atom is 0.192 e. The molecule has 0 radical (unpaired) electrons. The second-order valence-corrected chi connectivity index (χ2v) is 4.63. The fraction of sp³-hybridized carbons (Fsp3) is 0.500. The number of nitrogens with zero attached hydrogens (tertiary/aromatic N) is 2. The number of hydrogen-bond donors (Lipinski definition) is 1. The lowest BCUT2D eigenvalue weighted by atomic mass is 10.2. The average Bonchev–Trinajstić information content (AvgIpc) is 2.69. The molecule has 0 saturated heterocycles. The number of benzene rings is 1. The second kappa shape index (κ2) is 5.98. The van der Waals surface area contributed by atoms with Crippen LogP contribution in [0, 0.1) is 6.92 Å². The standard InChI is InChI=1S/C14H21N3O/c1-4-15-7-8-17(3)10-12-5-6-14-13(9-12)16-11(2)18-14/h5-6,9,15H,4,7-8,10H2,1-3H3. The number of likely N-dealkylation sites (N-methyl/N-ethyl adjacent to an activating group) is 2. The third-order valence-corrected chi connectivity index (χ3v) is 2.93. The van der Waals surface area contributed by atoms with E-state index in [2.05, 4.69) is 41.3 Å². The number of hydrogen-bond acceptors (Lipinski definition) is 4. The Bertz CT molecular complexity index is 507. The van der Waals surface area contributed by atoms with Crippen molar-refractivity contribution in [3.8, 4) is 0 Å². The maximum absolute atomic E-state index is 5.47. The summed E-state index contributed by atoms with van der Waals surface area (Å²) in [6, 6.07) is 6.22. The van der Waals surface area contributed by atoms with Gasteiger partial charge in [-0.25, -0.2) is 4.98 Å². The van der Waals surface area contributed by atoms with E-state index < -0.39 is 0 Å². The minimum absolute atomic E-state index is 0.725. The van der Waals surface area contributed by atoms with E-state index in [-0.39, 0.29) is 0 Å². The number of aryl methyl sites for hydroxylation is 1. The first kappa shape index (κ1) is 13.1. The van der Waals surface area contributed by atoms with E-state index in [4.69, 9.17) is 4.42 Å². The molecule has 2 rings (SSSR count). The molecule has 18 heavy (non-hydrogen) atoms. The van der Waals surface area contributed by atoms with Crippen molar-refractivity contribution in [1.82, 2.24) is 15.2 Å². The van der Waals surface area contributed by atoms with Crippen LogP contribution in [0.25, 0.3) is 11.1 Å². The molecule has 0 saturated carbocycles. The topological polar surface area (TPSA) is 41.3 Å². The molecule has 0 amide bonds. The molecule has 0 aliphatic heterocycles. The van der Waals surface area contributed by atoms with Crippen molar-refractivity contribution < 1.29 is 4.42 Å². The first-order chi connectivity index (χ1) is 8.69. The second-order valence-electron chi connectivity index (χ2n) is 4.63. The van der Waals surface area contributed by atoms with Gasteiger partial charge in [-0.1, -0.05) is 13.0 Å². The van der Waals surface area contributed by atoms with Crippen LogP contribution >= 0.6 is 0 Å². The molecule has 1 aromatic heterocycles. The molecule has 0 aliphatic rings. The van der Waals surface area contributed by atoms with E-state index >= 15 is 0 Å². The molecule has 98 valence electrons. The van der Waals surface area contributed by atoms with Crippen LogP contribution in [0.4, 0.5) is 0 Å². The third kappa shape index (κ3) is 3.31. The Labute approximate surface area is 108 Å². The van der Waals surface area contributed by atoms with Gasteiger partial charge in [0.05, 0.1) is 0 Å². The molecule has 0 atom stereocenters. The molecule has 4 nitrogen and oxygen atoms in total. The van der Waals surface area contributed by atoms with Crippen LogP contribution in [0.15, 0.2) is 22.6 Å². The quantitative estimate of drug-likeness (QED) is 0.794. The van der Waals surface area contributed by atoms with Gasteiger partial charge in [-0.2, -0.15) is 0 Å². The molecule has 1 heterocycles. The highest BCUT2D eigenvalue weighted by Crippen LogP contribution is 2.17. The lowest BCUT2D eigenvalue weighted by Crippen LogP contribution is -2.28. The fourth-order valence-electron chi connectivity index (χ4n) is 2.02. The van der Waals surface area contributed by atoms with Crippen LogP contribution in [0.1, 0.15) is 18.4 Å². The van der Waals surface area contributed by atoms with Gasteiger partial charge in [0.25, 0.3) is 0 Å². The Morgan fingerprint density at radius 3 is 3.00 bits per heavy atom. The average molecular weight is 247 g/mol. The largest absolute Gasteiger partial charge is 0.441 e. The summed E-state index contributed by atoms with van der Waals surface area (Å²) < 4.78 is 5.47. The van der Waals surface area contributed by atoms with Crippen molar-refractivity contribution in [2.45, 2.75) is 20.4 Å². The van der Waals surface area contributed by atoms with Gasteiger partial charge in [-0.15, -0.1) is 0 Å².